The molecular weight excluding hydrogens is 282 g/mol. The molecule has 0 aliphatic carbocycles. The fourth-order valence-corrected chi connectivity index (χ4v) is 2.02. The summed E-state index contributed by atoms with van der Waals surface area (Å²) in [6.07, 6.45) is 3.84. The van der Waals surface area contributed by atoms with E-state index in [-0.39, 0.29) is 17.2 Å². The molecule has 1 amide bonds. The number of pyridine rings is 1. The van der Waals surface area contributed by atoms with E-state index in [0.29, 0.717) is 25.2 Å². The van der Waals surface area contributed by atoms with Gasteiger partial charge in [-0.05, 0) is 44.9 Å². The summed E-state index contributed by atoms with van der Waals surface area (Å²) in [5, 5.41) is 2.72. The van der Waals surface area contributed by atoms with E-state index in [1.807, 2.05) is 20.8 Å². The van der Waals surface area contributed by atoms with Gasteiger partial charge in [-0.25, -0.2) is 4.98 Å². The van der Waals surface area contributed by atoms with Gasteiger partial charge in [0.15, 0.2) is 0 Å². The first kappa shape index (κ1) is 16.2. The van der Waals surface area contributed by atoms with E-state index >= 15 is 0 Å². The first-order chi connectivity index (χ1) is 10.5. The summed E-state index contributed by atoms with van der Waals surface area (Å²) in [6, 6.07) is 3.60. The van der Waals surface area contributed by atoms with Gasteiger partial charge in [0.25, 0.3) is 11.5 Å². The van der Waals surface area contributed by atoms with Crippen molar-refractivity contribution in [2.45, 2.75) is 33.3 Å². The second-order valence-electron chi connectivity index (χ2n) is 5.44. The van der Waals surface area contributed by atoms with Gasteiger partial charge in [-0.3, -0.25) is 14.0 Å². The Kier molecular flexibility index (Phi) is 5.27. The third kappa shape index (κ3) is 3.92. The molecule has 2 aromatic rings. The van der Waals surface area contributed by atoms with Gasteiger partial charge in [0.1, 0.15) is 11.2 Å². The Bertz CT molecular complexity index is 722. The zero-order chi connectivity index (χ0) is 16.1. The zero-order valence-electron chi connectivity index (χ0n) is 13.1. The lowest BCUT2D eigenvalue weighted by Crippen LogP contribution is -2.32. The number of hydrogen-bond donors (Lipinski definition) is 1. The van der Waals surface area contributed by atoms with E-state index in [9.17, 15) is 9.59 Å². The maximum atomic E-state index is 12.3. The van der Waals surface area contributed by atoms with Crippen LogP contribution in [0.15, 0.2) is 29.3 Å². The maximum absolute atomic E-state index is 12.3. The van der Waals surface area contributed by atoms with Gasteiger partial charge in [-0.15, -0.1) is 0 Å². The number of aryl methyl sites for hydroxylation is 1. The fourth-order valence-electron chi connectivity index (χ4n) is 2.02. The van der Waals surface area contributed by atoms with Crippen molar-refractivity contribution in [1.29, 1.82) is 0 Å². The van der Waals surface area contributed by atoms with Gasteiger partial charge < -0.3 is 10.1 Å². The van der Waals surface area contributed by atoms with Crippen molar-refractivity contribution in [1.82, 2.24) is 14.7 Å². The molecule has 0 saturated heterocycles. The van der Waals surface area contributed by atoms with Crippen LogP contribution in [0.5, 0.6) is 0 Å². The van der Waals surface area contributed by atoms with Crippen LogP contribution in [-0.4, -0.2) is 34.5 Å². The Morgan fingerprint density at radius 3 is 2.95 bits per heavy atom. The van der Waals surface area contributed by atoms with Crippen LogP contribution in [0.2, 0.25) is 0 Å². The number of amides is 1. The second kappa shape index (κ2) is 7.17. The van der Waals surface area contributed by atoms with Crippen molar-refractivity contribution in [2.75, 3.05) is 13.2 Å². The lowest BCUT2D eigenvalue weighted by Gasteiger charge is -2.08. The van der Waals surface area contributed by atoms with Crippen LogP contribution < -0.4 is 10.9 Å². The van der Waals surface area contributed by atoms with Crippen molar-refractivity contribution < 1.29 is 9.53 Å². The molecule has 0 aromatic carbocycles. The molecule has 0 saturated carbocycles. The summed E-state index contributed by atoms with van der Waals surface area (Å²) in [5.41, 5.74) is 1.23. The zero-order valence-corrected chi connectivity index (χ0v) is 13.1. The number of rotatable bonds is 6. The third-order valence-electron chi connectivity index (χ3n) is 3.17. The molecule has 2 aromatic heterocycles. The van der Waals surface area contributed by atoms with Crippen LogP contribution in [0, 0.1) is 6.92 Å². The molecule has 6 nitrogen and oxygen atoms in total. The number of aromatic nitrogens is 2. The van der Waals surface area contributed by atoms with Crippen LogP contribution in [0.1, 0.15) is 36.2 Å². The lowest BCUT2D eigenvalue weighted by molar-refractivity contribution is 0.0757. The Morgan fingerprint density at radius 1 is 1.45 bits per heavy atom. The Labute approximate surface area is 129 Å². The molecule has 0 fully saturated rings. The van der Waals surface area contributed by atoms with Gasteiger partial charge in [-0.1, -0.05) is 0 Å². The molecule has 1 N–H and O–H groups in total. The molecule has 2 rings (SSSR count). The van der Waals surface area contributed by atoms with Gasteiger partial charge in [0.2, 0.25) is 0 Å². The summed E-state index contributed by atoms with van der Waals surface area (Å²) in [7, 11) is 0. The molecule has 0 aliphatic rings. The van der Waals surface area contributed by atoms with Crippen LogP contribution >= 0.6 is 0 Å². The number of hydrogen-bond acceptors (Lipinski definition) is 4. The molecule has 0 unspecified atom stereocenters. The minimum atomic E-state index is -0.406. The summed E-state index contributed by atoms with van der Waals surface area (Å²) in [4.78, 5) is 28.5. The number of carbonyl (C=O) groups excluding carboxylic acids is 1. The van der Waals surface area contributed by atoms with E-state index in [0.717, 1.165) is 5.56 Å². The van der Waals surface area contributed by atoms with Crippen molar-refractivity contribution in [3.05, 3.63) is 46.0 Å². The fraction of sp³-hybridized carbons (Fsp3) is 0.438. The normalized spacial score (nSPS) is 11.1. The summed E-state index contributed by atoms with van der Waals surface area (Å²) >= 11 is 0. The van der Waals surface area contributed by atoms with Gasteiger partial charge in [0, 0.05) is 25.5 Å². The van der Waals surface area contributed by atoms with Gasteiger partial charge >= 0.3 is 0 Å². The largest absolute Gasteiger partial charge is 0.379 e. The van der Waals surface area contributed by atoms with Crippen LogP contribution in [0.3, 0.4) is 0 Å². The molecule has 6 heteroatoms. The predicted octanol–water partition coefficient (Wildman–Crippen LogP) is 1.55. The monoisotopic (exact) mass is 303 g/mol. The third-order valence-corrected chi connectivity index (χ3v) is 3.17. The van der Waals surface area contributed by atoms with Crippen molar-refractivity contribution in [2.24, 2.45) is 0 Å². The average Bonchev–Trinajstić information content (AvgIpc) is 2.46. The second-order valence-corrected chi connectivity index (χ2v) is 5.44. The molecule has 0 atom stereocenters. The molecule has 22 heavy (non-hydrogen) atoms. The molecule has 0 bridgehead atoms. The highest BCUT2D eigenvalue weighted by Crippen LogP contribution is 2.02. The number of ether oxygens (including phenoxy) is 1. The number of carbonyl (C=O) groups is 1. The van der Waals surface area contributed by atoms with Crippen molar-refractivity contribution >= 4 is 11.6 Å². The van der Waals surface area contributed by atoms with E-state index in [1.54, 1.807) is 18.3 Å². The molecular formula is C16H21N3O3. The topological polar surface area (TPSA) is 72.7 Å². The van der Waals surface area contributed by atoms with Crippen molar-refractivity contribution in [3.63, 3.8) is 0 Å². The first-order valence-electron chi connectivity index (χ1n) is 7.37. The van der Waals surface area contributed by atoms with Crippen LogP contribution in [-0.2, 0) is 4.74 Å². The number of nitrogens with one attached hydrogen (secondary N) is 1. The SMILES string of the molecule is Cc1ccn2c(=O)c(C(=O)NCCCOC(C)C)cnc2c1. The number of nitrogens with zero attached hydrogens (tertiary/aromatic N) is 2. The quantitative estimate of drug-likeness (QED) is 0.822. The highest BCUT2D eigenvalue weighted by Gasteiger charge is 2.12. The predicted molar refractivity (Wildman–Crippen MR) is 84.2 cm³/mol. The Hall–Kier alpha value is -2.21. The maximum Gasteiger partial charge on any atom is 0.270 e. The smallest absolute Gasteiger partial charge is 0.270 e. The molecule has 0 aliphatic heterocycles. The van der Waals surface area contributed by atoms with E-state index in [2.05, 4.69) is 10.3 Å². The molecule has 2 heterocycles. The van der Waals surface area contributed by atoms with E-state index in [1.165, 1.54) is 10.6 Å². The minimum absolute atomic E-state index is 0.0473. The van der Waals surface area contributed by atoms with E-state index < -0.39 is 5.91 Å². The number of fused-ring (bicyclic) bond motifs is 1. The highest BCUT2D eigenvalue weighted by atomic mass is 16.5. The Morgan fingerprint density at radius 2 is 2.23 bits per heavy atom. The van der Waals surface area contributed by atoms with Crippen molar-refractivity contribution in [3.8, 4) is 0 Å². The molecule has 0 spiro atoms. The standard InChI is InChI=1S/C16H21N3O3/c1-11(2)22-8-4-6-17-15(20)13-10-18-14-9-12(3)5-7-19(14)16(13)21/h5,7,9-11H,4,6,8H2,1-3H3,(H,17,20). The average molecular weight is 303 g/mol. The minimum Gasteiger partial charge on any atom is -0.379 e. The van der Waals surface area contributed by atoms with E-state index in [4.69, 9.17) is 4.74 Å². The summed E-state index contributed by atoms with van der Waals surface area (Å²) in [6.45, 7) is 6.88. The molecule has 0 radical (unpaired) electrons. The first-order valence-corrected chi connectivity index (χ1v) is 7.37. The lowest BCUT2D eigenvalue weighted by atomic mass is 10.2. The van der Waals surface area contributed by atoms with Crippen LogP contribution in [0.25, 0.3) is 5.65 Å². The highest BCUT2D eigenvalue weighted by molar-refractivity contribution is 5.93. The van der Waals surface area contributed by atoms with Crippen LogP contribution in [0.4, 0.5) is 0 Å². The summed E-state index contributed by atoms with van der Waals surface area (Å²) in [5.74, 6) is -0.406. The summed E-state index contributed by atoms with van der Waals surface area (Å²) < 4.78 is 6.77. The van der Waals surface area contributed by atoms with Gasteiger partial charge in [-0.2, -0.15) is 0 Å². The Balaban J connectivity index is 2.04. The molecule has 118 valence electrons. The van der Waals surface area contributed by atoms with Gasteiger partial charge in [0.05, 0.1) is 6.10 Å².